The van der Waals surface area contributed by atoms with Crippen molar-refractivity contribution in [1.82, 2.24) is 0 Å². The summed E-state index contributed by atoms with van der Waals surface area (Å²) in [4.78, 5) is -5.00. The van der Waals surface area contributed by atoms with E-state index < -0.39 is 69.9 Å². The number of quaternary nitrogens is 1. The van der Waals surface area contributed by atoms with E-state index >= 15 is 0 Å². The maximum absolute atomic E-state index is 14.0. The van der Waals surface area contributed by atoms with Crippen molar-refractivity contribution in [3.63, 3.8) is 0 Å². The van der Waals surface area contributed by atoms with Gasteiger partial charge in [0.25, 0.3) is 19.7 Å². The lowest BCUT2D eigenvalue weighted by Gasteiger charge is -2.36. The quantitative estimate of drug-likeness (QED) is 0.225. The average molecular weight is 659 g/mol. The molecule has 17 heteroatoms. The summed E-state index contributed by atoms with van der Waals surface area (Å²) in [5, 5.41) is -13.4. The Hall–Kier alpha value is -2.40. The van der Waals surface area contributed by atoms with E-state index in [-0.39, 0.29) is 17.2 Å². The van der Waals surface area contributed by atoms with E-state index in [1.54, 1.807) is 0 Å². The Labute approximate surface area is 235 Å². The fourth-order valence-corrected chi connectivity index (χ4v) is 8.09. The number of likely N-dealkylation sites (tertiary alicyclic amines) is 1. The van der Waals surface area contributed by atoms with Gasteiger partial charge < -0.3 is 4.48 Å². The molecule has 0 amide bonds. The predicted octanol–water partition coefficient (Wildman–Crippen LogP) is 6.75. The van der Waals surface area contributed by atoms with Gasteiger partial charge in [-0.3, -0.25) is 0 Å². The zero-order valence-electron chi connectivity index (χ0n) is 22.1. The summed E-state index contributed by atoms with van der Waals surface area (Å²) >= 11 is 0. The van der Waals surface area contributed by atoms with Crippen molar-refractivity contribution in [1.29, 1.82) is 0 Å². The summed E-state index contributed by atoms with van der Waals surface area (Å²) < 4.78 is 183. The molecule has 0 saturated carbocycles. The molecule has 236 valence electrons. The molecule has 2 aromatic rings. The predicted molar refractivity (Wildman–Crippen MR) is 131 cm³/mol. The van der Waals surface area contributed by atoms with Gasteiger partial charge in [-0.15, -0.1) is 0 Å². The summed E-state index contributed by atoms with van der Waals surface area (Å²) in [6, 6.07) is 5.54. The van der Waals surface area contributed by atoms with Crippen molar-refractivity contribution in [2.45, 2.75) is 65.3 Å². The lowest BCUT2D eigenvalue weighted by molar-refractivity contribution is -0.912. The highest BCUT2D eigenvalue weighted by atomic mass is 32.2. The van der Waals surface area contributed by atoms with Crippen molar-refractivity contribution in [3.05, 3.63) is 47.5 Å². The third-order valence-electron chi connectivity index (χ3n) is 7.45. The summed E-state index contributed by atoms with van der Waals surface area (Å²) in [5.74, 6) is 0. The first-order valence-electron chi connectivity index (χ1n) is 12.4. The normalized spacial score (nSPS) is 17.6. The highest BCUT2D eigenvalue weighted by Gasteiger charge is 2.71. The second-order valence-corrected chi connectivity index (χ2v) is 14.1. The van der Waals surface area contributed by atoms with Crippen LogP contribution in [-0.2, 0) is 26.1 Å². The Balaban J connectivity index is 0.000000458. The van der Waals surface area contributed by atoms with Crippen LogP contribution in [0, 0.1) is 0 Å². The number of benzene rings is 2. The molecule has 0 spiro atoms. The zero-order valence-corrected chi connectivity index (χ0v) is 23.7. The van der Waals surface area contributed by atoms with Gasteiger partial charge in [0.2, 0.25) is 0 Å². The minimum absolute atomic E-state index is 0.0332. The maximum Gasteiger partial charge on any atom is 0.469 e. The minimum atomic E-state index is -7.20. The van der Waals surface area contributed by atoms with E-state index in [4.69, 9.17) is 0 Å². The third kappa shape index (κ3) is 5.63. The number of rotatable bonds is 5. The first-order chi connectivity index (χ1) is 19.0. The van der Waals surface area contributed by atoms with Crippen molar-refractivity contribution in [2.75, 3.05) is 26.7 Å². The SMILES string of the molecule is CC[N+]1(C)CCCCC1.O=S(=O)(c1ccc2c(c1S(=O)(=O)C(F)(F)C(F)(F)F)Cc1ccccc1-2)C(F)(F)C(F)(F)F. The Morgan fingerprint density at radius 2 is 1.19 bits per heavy atom. The number of nitrogens with zero attached hydrogens (tertiary/aromatic N) is 1. The number of halogens is 10. The van der Waals surface area contributed by atoms with Gasteiger partial charge in [0.05, 0.1) is 36.5 Å². The van der Waals surface area contributed by atoms with Gasteiger partial charge in [-0.1, -0.05) is 30.3 Å². The number of piperidine rings is 1. The second kappa shape index (κ2) is 10.9. The summed E-state index contributed by atoms with van der Waals surface area (Å²) in [6.45, 7) is 6.44. The van der Waals surface area contributed by atoms with E-state index in [9.17, 15) is 60.7 Å². The van der Waals surface area contributed by atoms with Gasteiger partial charge in [-0.05, 0) is 54.5 Å². The van der Waals surface area contributed by atoms with Crippen LogP contribution < -0.4 is 0 Å². The summed E-state index contributed by atoms with van der Waals surface area (Å²) in [7, 11) is -12.0. The average Bonchev–Trinajstić information content (AvgIpc) is 3.26. The fraction of sp³-hybridized carbons (Fsp3) is 0.520. The Kier molecular flexibility index (Phi) is 8.89. The highest BCUT2D eigenvalue weighted by Crippen LogP contribution is 2.52. The smallest absolute Gasteiger partial charge is 0.326 e. The van der Waals surface area contributed by atoms with Gasteiger partial charge in [0, 0.05) is 6.42 Å². The second-order valence-electron chi connectivity index (χ2n) is 10.2. The molecule has 42 heavy (non-hydrogen) atoms. The highest BCUT2D eigenvalue weighted by molar-refractivity contribution is 7.95. The molecule has 0 N–H and O–H groups in total. The molecule has 4 rings (SSSR count). The van der Waals surface area contributed by atoms with Crippen LogP contribution in [0.5, 0.6) is 0 Å². The number of hydrogen-bond donors (Lipinski definition) is 0. The monoisotopic (exact) mass is 658 g/mol. The summed E-state index contributed by atoms with van der Waals surface area (Å²) in [6.07, 6.45) is -10.2. The van der Waals surface area contributed by atoms with E-state index in [0.29, 0.717) is 6.07 Å². The number of sulfone groups is 2. The first kappa shape index (κ1) is 34.1. The van der Waals surface area contributed by atoms with Crippen molar-refractivity contribution >= 4 is 19.7 Å². The van der Waals surface area contributed by atoms with Crippen LogP contribution >= 0.6 is 0 Å². The molecule has 1 aliphatic heterocycles. The van der Waals surface area contributed by atoms with Gasteiger partial charge >= 0.3 is 22.9 Å². The number of hydrogen-bond acceptors (Lipinski definition) is 4. The van der Waals surface area contributed by atoms with Crippen LogP contribution in [0.1, 0.15) is 37.3 Å². The van der Waals surface area contributed by atoms with Crippen LogP contribution in [0.4, 0.5) is 43.9 Å². The molecule has 5 nitrogen and oxygen atoms in total. The molecule has 1 aliphatic carbocycles. The van der Waals surface area contributed by atoms with Gasteiger partial charge in [-0.25, -0.2) is 16.8 Å². The molecule has 0 aromatic heterocycles. The van der Waals surface area contributed by atoms with Crippen LogP contribution in [0.15, 0.2) is 46.2 Å². The Bertz CT molecular complexity index is 1540. The number of fused-ring (bicyclic) bond motifs is 3. The zero-order chi connectivity index (χ0) is 32.2. The first-order valence-corrected chi connectivity index (χ1v) is 15.4. The van der Waals surface area contributed by atoms with Gasteiger partial charge in [0.15, 0.2) is 0 Å². The van der Waals surface area contributed by atoms with Crippen LogP contribution in [-0.4, -0.2) is 70.9 Å². The fourth-order valence-electron chi connectivity index (χ4n) is 4.83. The lowest BCUT2D eigenvalue weighted by Crippen LogP contribution is -2.47. The molecular weight excluding hydrogens is 632 g/mol. The molecule has 0 bridgehead atoms. The van der Waals surface area contributed by atoms with E-state index in [2.05, 4.69) is 14.0 Å². The molecule has 1 heterocycles. The van der Waals surface area contributed by atoms with E-state index in [1.165, 1.54) is 67.6 Å². The number of alkyl halides is 10. The Morgan fingerprint density at radius 3 is 1.67 bits per heavy atom. The van der Waals surface area contributed by atoms with E-state index in [1.807, 2.05) is 0 Å². The lowest BCUT2D eigenvalue weighted by atomic mass is 10.1. The van der Waals surface area contributed by atoms with E-state index in [0.717, 1.165) is 0 Å². The Morgan fingerprint density at radius 1 is 0.690 bits per heavy atom. The summed E-state index contributed by atoms with van der Waals surface area (Å²) in [5.41, 5.74) is -1.39. The third-order valence-corrected chi connectivity index (χ3v) is 11.3. The molecular formula is C25H26F10NO4S2+. The molecule has 1 saturated heterocycles. The molecule has 0 atom stereocenters. The molecule has 2 aliphatic rings. The van der Waals surface area contributed by atoms with Crippen molar-refractivity contribution in [3.8, 4) is 11.1 Å². The van der Waals surface area contributed by atoms with Gasteiger partial charge in [-0.2, -0.15) is 43.9 Å². The molecule has 2 aromatic carbocycles. The standard InChI is InChI=1S/C17H8F10O4S2.C8H18N/c18-14(19,20)16(24,25)32(28,29)12-6-5-10-9-4-2-1-3-8(9)7-11(10)13(12)33(30,31)17(26,27)15(21,22)23;1-3-9(2)7-5-4-6-8-9/h1-6H,7H2;3-8H2,1-2H3/q;+1. The minimum Gasteiger partial charge on any atom is -0.326 e. The van der Waals surface area contributed by atoms with Crippen molar-refractivity contribution < 1.29 is 65.2 Å². The van der Waals surface area contributed by atoms with Gasteiger partial charge in [0.1, 0.15) is 0 Å². The maximum atomic E-state index is 14.0. The molecule has 0 radical (unpaired) electrons. The largest absolute Gasteiger partial charge is 0.469 e. The van der Waals surface area contributed by atoms with Crippen LogP contribution in [0.3, 0.4) is 0 Å². The van der Waals surface area contributed by atoms with Crippen LogP contribution in [0.2, 0.25) is 0 Å². The molecule has 0 unspecified atom stereocenters. The van der Waals surface area contributed by atoms with Crippen molar-refractivity contribution in [2.24, 2.45) is 0 Å². The topological polar surface area (TPSA) is 68.3 Å². The molecule has 1 fully saturated rings. The van der Waals surface area contributed by atoms with Crippen LogP contribution in [0.25, 0.3) is 11.1 Å².